The molecule has 2 heterocycles. The van der Waals surface area contributed by atoms with Crippen molar-refractivity contribution in [1.29, 1.82) is 0 Å². The maximum Gasteiger partial charge on any atom is 0.325 e. The van der Waals surface area contributed by atoms with Gasteiger partial charge >= 0.3 is 6.03 Å². The molecule has 0 aliphatic carbocycles. The SMILES string of the molecule is CC1(C)NC(=O)N(CCCC(=O)N2CCCCC2CN)C1=O.Cl. The molecule has 7 nitrogen and oxygen atoms in total. The molecule has 8 heteroatoms. The van der Waals surface area contributed by atoms with Crippen LogP contribution in [0.5, 0.6) is 0 Å². The molecule has 2 aliphatic rings. The van der Waals surface area contributed by atoms with Gasteiger partial charge in [-0.25, -0.2) is 4.79 Å². The summed E-state index contributed by atoms with van der Waals surface area (Å²) in [7, 11) is 0. The summed E-state index contributed by atoms with van der Waals surface area (Å²) in [5.74, 6) is -0.163. The van der Waals surface area contributed by atoms with Crippen molar-refractivity contribution in [2.45, 2.75) is 57.5 Å². The van der Waals surface area contributed by atoms with Crippen LogP contribution in [0.1, 0.15) is 46.0 Å². The van der Waals surface area contributed by atoms with Gasteiger partial charge in [-0.15, -0.1) is 12.4 Å². The molecule has 2 rings (SSSR count). The number of urea groups is 1. The van der Waals surface area contributed by atoms with Gasteiger partial charge in [-0.2, -0.15) is 0 Å². The largest absolute Gasteiger partial charge is 0.338 e. The van der Waals surface area contributed by atoms with E-state index in [1.54, 1.807) is 13.8 Å². The molecule has 3 N–H and O–H groups in total. The van der Waals surface area contributed by atoms with Gasteiger partial charge in [0.2, 0.25) is 5.91 Å². The molecule has 0 saturated carbocycles. The molecule has 2 saturated heterocycles. The number of halogens is 1. The lowest BCUT2D eigenvalue weighted by Gasteiger charge is -2.35. The summed E-state index contributed by atoms with van der Waals surface area (Å²) in [5.41, 5.74) is 4.88. The van der Waals surface area contributed by atoms with Gasteiger partial charge < -0.3 is 16.0 Å². The molecule has 0 spiro atoms. The number of carbonyl (C=O) groups excluding carboxylic acids is 3. The highest BCUT2D eigenvalue weighted by Crippen LogP contribution is 2.19. The number of piperidine rings is 1. The third kappa shape index (κ3) is 4.35. The maximum atomic E-state index is 12.3. The Bertz CT molecular complexity index is 470. The van der Waals surface area contributed by atoms with E-state index < -0.39 is 5.54 Å². The van der Waals surface area contributed by atoms with Crippen LogP contribution in [0.2, 0.25) is 0 Å². The highest BCUT2D eigenvalue weighted by atomic mass is 35.5. The molecule has 132 valence electrons. The molecule has 23 heavy (non-hydrogen) atoms. The number of likely N-dealkylation sites (tertiary alicyclic amines) is 1. The standard InChI is InChI=1S/C15H26N4O3.ClH/c1-15(2)13(21)19(14(22)17-15)9-5-7-12(20)18-8-4-3-6-11(18)10-16;/h11H,3-10,16H2,1-2H3,(H,17,22);1H. The minimum absolute atomic E-state index is 0. The zero-order valence-electron chi connectivity index (χ0n) is 13.8. The van der Waals surface area contributed by atoms with E-state index in [1.165, 1.54) is 4.90 Å². The second-order valence-corrected chi connectivity index (χ2v) is 6.59. The monoisotopic (exact) mass is 346 g/mol. The van der Waals surface area contributed by atoms with E-state index in [9.17, 15) is 14.4 Å². The maximum absolute atomic E-state index is 12.3. The molecule has 4 amide bonds. The van der Waals surface area contributed by atoms with Crippen molar-refractivity contribution in [1.82, 2.24) is 15.1 Å². The third-order valence-corrected chi connectivity index (χ3v) is 4.44. The van der Waals surface area contributed by atoms with Crippen LogP contribution in [0.3, 0.4) is 0 Å². The molecule has 0 aromatic rings. The molecule has 1 atom stereocenters. The van der Waals surface area contributed by atoms with Crippen LogP contribution in [0.4, 0.5) is 4.79 Å². The van der Waals surface area contributed by atoms with E-state index in [0.717, 1.165) is 25.8 Å². The normalized spacial score (nSPS) is 23.5. The summed E-state index contributed by atoms with van der Waals surface area (Å²) < 4.78 is 0. The number of imide groups is 1. The van der Waals surface area contributed by atoms with E-state index in [2.05, 4.69) is 5.32 Å². The summed E-state index contributed by atoms with van der Waals surface area (Å²) in [6, 6.07) is -0.239. The van der Waals surface area contributed by atoms with Gasteiger partial charge in [0.1, 0.15) is 5.54 Å². The van der Waals surface area contributed by atoms with Crippen molar-refractivity contribution >= 4 is 30.3 Å². The number of nitrogens with two attached hydrogens (primary N) is 1. The van der Waals surface area contributed by atoms with Crippen LogP contribution < -0.4 is 11.1 Å². The average Bonchev–Trinajstić information content (AvgIpc) is 2.68. The molecule has 1 unspecified atom stereocenters. The Morgan fingerprint density at radius 1 is 1.35 bits per heavy atom. The lowest BCUT2D eigenvalue weighted by Crippen LogP contribution is -2.47. The van der Waals surface area contributed by atoms with Gasteiger partial charge in [0.25, 0.3) is 5.91 Å². The fourth-order valence-corrected chi connectivity index (χ4v) is 3.13. The first-order valence-electron chi connectivity index (χ1n) is 8.00. The molecule has 0 radical (unpaired) electrons. The van der Waals surface area contributed by atoms with Crippen molar-refractivity contribution in [3.05, 3.63) is 0 Å². The molecule has 0 bridgehead atoms. The average molecular weight is 347 g/mol. The molecular formula is C15H27ClN4O3. The van der Waals surface area contributed by atoms with E-state index in [1.807, 2.05) is 4.90 Å². The Morgan fingerprint density at radius 3 is 2.61 bits per heavy atom. The predicted octanol–water partition coefficient (Wildman–Crippen LogP) is 0.859. The van der Waals surface area contributed by atoms with Gasteiger partial charge in [-0.1, -0.05) is 0 Å². The number of nitrogens with zero attached hydrogens (tertiary/aromatic N) is 2. The zero-order valence-corrected chi connectivity index (χ0v) is 14.7. The minimum Gasteiger partial charge on any atom is -0.338 e. The molecule has 0 aromatic heterocycles. The summed E-state index contributed by atoms with van der Waals surface area (Å²) in [4.78, 5) is 39.2. The lowest BCUT2D eigenvalue weighted by atomic mass is 10.0. The number of rotatable bonds is 5. The summed E-state index contributed by atoms with van der Waals surface area (Å²) in [6.07, 6.45) is 3.92. The second kappa shape index (κ2) is 7.97. The fraction of sp³-hybridized carbons (Fsp3) is 0.800. The molecule has 0 aromatic carbocycles. The highest BCUT2D eigenvalue weighted by Gasteiger charge is 2.43. The second-order valence-electron chi connectivity index (χ2n) is 6.59. The number of hydrogen-bond donors (Lipinski definition) is 2. The number of carbonyl (C=O) groups is 3. The quantitative estimate of drug-likeness (QED) is 0.722. The lowest BCUT2D eigenvalue weighted by molar-refractivity contribution is -0.135. The van der Waals surface area contributed by atoms with Crippen LogP contribution >= 0.6 is 12.4 Å². The molecule has 2 fully saturated rings. The first-order chi connectivity index (χ1) is 10.4. The summed E-state index contributed by atoms with van der Waals surface area (Å²) in [5, 5.41) is 2.64. The van der Waals surface area contributed by atoms with Crippen LogP contribution in [0, 0.1) is 0 Å². The Morgan fingerprint density at radius 2 is 2.04 bits per heavy atom. The molecule has 2 aliphatic heterocycles. The van der Waals surface area contributed by atoms with Gasteiger partial charge in [0.15, 0.2) is 0 Å². The van der Waals surface area contributed by atoms with Gasteiger partial charge in [-0.3, -0.25) is 14.5 Å². The molecular weight excluding hydrogens is 320 g/mol. The van der Waals surface area contributed by atoms with Crippen LogP contribution in [0.25, 0.3) is 0 Å². The van der Waals surface area contributed by atoms with Gasteiger partial charge in [-0.05, 0) is 39.5 Å². The van der Waals surface area contributed by atoms with E-state index in [4.69, 9.17) is 5.73 Å². The first-order valence-corrected chi connectivity index (χ1v) is 8.00. The zero-order chi connectivity index (χ0) is 16.3. The first kappa shape index (κ1) is 19.7. The predicted molar refractivity (Wildman–Crippen MR) is 89.2 cm³/mol. The summed E-state index contributed by atoms with van der Waals surface area (Å²) >= 11 is 0. The van der Waals surface area contributed by atoms with Crippen molar-refractivity contribution in [2.24, 2.45) is 5.73 Å². The van der Waals surface area contributed by atoms with Gasteiger partial charge in [0.05, 0.1) is 0 Å². The van der Waals surface area contributed by atoms with E-state index >= 15 is 0 Å². The van der Waals surface area contributed by atoms with Crippen molar-refractivity contribution in [3.63, 3.8) is 0 Å². The van der Waals surface area contributed by atoms with E-state index in [-0.39, 0.29) is 42.8 Å². The minimum atomic E-state index is -0.849. The van der Waals surface area contributed by atoms with Crippen molar-refractivity contribution in [3.8, 4) is 0 Å². The number of amides is 4. The Balaban J connectivity index is 0.00000264. The van der Waals surface area contributed by atoms with E-state index in [0.29, 0.717) is 19.4 Å². The smallest absolute Gasteiger partial charge is 0.325 e. The fourth-order valence-electron chi connectivity index (χ4n) is 3.13. The highest BCUT2D eigenvalue weighted by molar-refractivity contribution is 6.06. The Kier molecular flexibility index (Phi) is 6.83. The van der Waals surface area contributed by atoms with Gasteiger partial charge in [0, 0.05) is 32.1 Å². The van der Waals surface area contributed by atoms with Crippen LogP contribution in [-0.2, 0) is 9.59 Å². The van der Waals surface area contributed by atoms with Crippen molar-refractivity contribution in [2.75, 3.05) is 19.6 Å². The summed E-state index contributed by atoms with van der Waals surface area (Å²) in [6.45, 7) is 4.89. The third-order valence-electron chi connectivity index (χ3n) is 4.44. The van der Waals surface area contributed by atoms with Crippen LogP contribution in [-0.4, -0.2) is 58.9 Å². The number of nitrogens with one attached hydrogen (secondary N) is 1. The van der Waals surface area contributed by atoms with Crippen LogP contribution in [0.15, 0.2) is 0 Å². The topological polar surface area (TPSA) is 95.7 Å². The number of hydrogen-bond acceptors (Lipinski definition) is 4. The van der Waals surface area contributed by atoms with Crippen molar-refractivity contribution < 1.29 is 14.4 Å². The Hall–Kier alpha value is -1.34. The Labute approximate surface area is 143 Å².